The van der Waals surface area contributed by atoms with Gasteiger partial charge in [0.2, 0.25) is 11.8 Å². The summed E-state index contributed by atoms with van der Waals surface area (Å²) in [6.45, 7) is 7.07. The molecule has 9 heteroatoms. The van der Waals surface area contributed by atoms with E-state index in [1.807, 2.05) is 88.4 Å². The third kappa shape index (κ3) is 8.30. The van der Waals surface area contributed by atoms with Gasteiger partial charge in [-0.2, -0.15) is 0 Å². The number of carbonyl (C=O) groups is 2. The van der Waals surface area contributed by atoms with Gasteiger partial charge < -0.3 is 15.0 Å². The van der Waals surface area contributed by atoms with Gasteiger partial charge in [0, 0.05) is 19.0 Å². The largest absolute Gasteiger partial charge is 0.495 e. The van der Waals surface area contributed by atoms with Crippen LogP contribution in [0.1, 0.15) is 36.1 Å². The highest BCUT2D eigenvalue weighted by atomic mass is 32.2. The topological polar surface area (TPSA) is 96.0 Å². The lowest BCUT2D eigenvalue weighted by Crippen LogP contribution is -2.54. The van der Waals surface area contributed by atoms with Crippen LogP contribution < -0.4 is 14.4 Å². The lowest BCUT2D eigenvalue weighted by molar-refractivity contribution is -0.140. The predicted molar refractivity (Wildman–Crippen MR) is 178 cm³/mol. The Morgan fingerprint density at radius 2 is 1.47 bits per heavy atom. The molecule has 4 rings (SSSR count). The van der Waals surface area contributed by atoms with E-state index in [1.54, 1.807) is 30.3 Å². The second-order valence-corrected chi connectivity index (χ2v) is 13.2. The first-order valence-electron chi connectivity index (χ1n) is 14.9. The minimum Gasteiger partial charge on any atom is -0.495 e. The van der Waals surface area contributed by atoms with E-state index >= 15 is 0 Å². The highest BCUT2D eigenvalue weighted by Crippen LogP contribution is 2.34. The molecule has 0 spiro atoms. The molecule has 8 nitrogen and oxygen atoms in total. The minimum atomic E-state index is -4.23. The summed E-state index contributed by atoms with van der Waals surface area (Å²) >= 11 is 0. The molecule has 4 aromatic rings. The van der Waals surface area contributed by atoms with Crippen LogP contribution in [0.3, 0.4) is 0 Å². The molecule has 1 atom stereocenters. The van der Waals surface area contributed by atoms with E-state index in [1.165, 1.54) is 24.1 Å². The molecule has 0 fully saturated rings. The van der Waals surface area contributed by atoms with Gasteiger partial charge >= 0.3 is 0 Å². The van der Waals surface area contributed by atoms with Crippen molar-refractivity contribution in [3.8, 4) is 5.75 Å². The number of hydrogen-bond acceptors (Lipinski definition) is 5. The second kappa shape index (κ2) is 14.9. The summed E-state index contributed by atoms with van der Waals surface area (Å²) in [5.41, 5.74) is 3.70. The van der Waals surface area contributed by atoms with Crippen LogP contribution in [0.5, 0.6) is 5.75 Å². The fourth-order valence-electron chi connectivity index (χ4n) is 5.13. The molecule has 4 aromatic carbocycles. The van der Waals surface area contributed by atoms with Crippen molar-refractivity contribution >= 4 is 27.5 Å². The maximum absolute atomic E-state index is 14.6. The number of hydrogen-bond donors (Lipinski definition) is 1. The van der Waals surface area contributed by atoms with E-state index in [-0.39, 0.29) is 35.5 Å². The molecular formula is C36H41N3O5S. The molecule has 0 bridgehead atoms. The van der Waals surface area contributed by atoms with Gasteiger partial charge in [-0.25, -0.2) is 8.42 Å². The van der Waals surface area contributed by atoms with Gasteiger partial charge in [-0.05, 0) is 74.2 Å². The molecule has 0 unspecified atom stereocenters. The maximum Gasteiger partial charge on any atom is 0.264 e. The summed E-state index contributed by atoms with van der Waals surface area (Å²) < 4.78 is 35.2. The monoisotopic (exact) mass is 627 g/mol. The van der Waals surface area contributed by atoms with Gasteiger partial charge in [0.1, 0.15) is 18.3 Å². The first-order valence-corrected chi connectivity index (χ1v) is 16.4. The number of benzene rings is 4. The zero-order valence-electron chi connectivity index (χ0n) is 26.4. The molecular weight excluding hydrogens is 586 g/mol. The average Bonchev–Trinajstić information content (AvgIpc) is 3.02. The summed E-state index contributed by atoms with van der Waals surface area (Å²) in [6, 6.07) is 29.2. The smallest absolute Gasteiger partial charge is 0.264 e. The van der Waals surface area contributed by atoms with Gasteiger partial charge in [0.25, 0.3) is 10.0 Å². The molecule has 0 aliphatic rings. The van der Waals surface area contributed by atoms with Crippen molar-refractivity contribution in [3.63, 3.8) is 0 Å². The Bertz CT molecular complexity index is 1710. The number of anilines is 1. The summed E-state index contributed by atoms with van der Waals surface area (Å²) in [4.78, 5) is 30.0. The molecule has 0 radical (unpaired) electrons. The fraction of sp³-hybridized carbons (Fsp3) is 0.278. The van der Waals surface area contributed by atoms with Gasteiger partial charge in [0.15, 0.2) is 0 Å². The van der Waals surface area contributed by atoms with E-state index in [4.69, 9.17) is 4.74 Å². The Hall–Kier alpha value is -4.63. The van der Waals surface area contributed by atoms with Crippen molar-refractivity contribution in [1.29, 1.82) is 0 Å². The Morgan fingerprint density at radius 3 is 2.09 bits per heavy atom. The van der Waals surface area contributed by atoms with Gasteiger partial charge in [-0.3, -0.25) is 13.9 Å². The molecule has 0 saturated heterocycles. The van der Waals surface area contributed by atoms with Crippen molar-refractivity contribution in [2.45, 2.75) is 57.6 Å². The standard InChI is InChI=1S/C36H41N3O5S/c1-26(2)37-36(41)33(23-29-15-8-6-9-16-29)38(24-30-17-13-12-14-28(30)4)35(40)25-39(32-22-27(3)20-21-34(32)44-5)45(42,43)31-18-10-7-11-19-31/h6-22,26,33H,23-25H2,1-5H3,(H,37,41)/t33-/m0/s1. The Balaban J connectivity index is 1.86. The highest BCUT2D eigenvalue weighted by Gasteiger charge is 2.36. The molecule has 1 N–H and O–H groups in total. The second-order valence-electron chi connectivity index (χ2n) is 11.3. The van der Waals surface area contributed by atoms with E-state index in [9.17, 15) is 18.0 Å². The Morgan fingerprint density at radius 1 is 0.844 bits per heavy atom. The highest BCUT2D eigenvalue weighted by molar-refractivity contribution is 7.92. The summed E-state index contributed by atoms with van der Waals surface area (Å²) in [5.74, 6) is -0.542. The molecule has 0 aliphatic heterocycles. The molecule has 0 aromatic heterocycles. The summed E-state index contributed by atoms with van der Waals surface area (Å²) in [6.07, 6.45) is 0.246. The van der Waals surface area contributed by atoms with Crippen LogP contribution in [0.25, 0.3) is 0 Å². The zero-order valence-corrected chi connectivity index (χ0v) is 27.3. The zero-order chi connectivity index (χ0) is 32.6. The maximum atomic E-state index is 14.6. The number of amides is 2. The molecule has 0 aliphatic carbocycles. The van der Waals surface area contributed by atoms with Crippen LogP contribution in [0.15, 0.2) is 108 Å². The fourth-order valence-corrected chi connectivity index (χ4v) is 6.57. The minimum absolute atomic E-state index is 0.0326. The SMILES string of the molecule is COc1ccc(C)cc1N(CC(=O)N(Cc1ccccc1C)[C@@H](Cc1ccccc1)C(=O)NC(C)C)S(=O)(=O)c1ccccc1. The van der Waals surface area contributed by atoms with E-state index in [2.05, 4.69) is 5.32 Å². The van der Waals surface area contributed by atoms with Gasteiger partial charge in [-0.1, -0.05) is 78.9 Å². The van der Waals surface area contributed by atoms with Crippen molar-refractivity contribution in [2.24, 2.45) is 0 Å². The van der Waals surface area contributed by atoms with Crippen LogP contribution in [-0.2, 0) is 32.6 Å². The number of methoxy groups -OCH3 is 1. The van der Waals surface area contributed by atoms with Gasteiger partial charge in [-0.15, -0.1) is 0 Å². The van der Waals surface area contributed by atoms with Crippen LogP contribution in [0.4, 0.5) is 5.69 Å². The van der Waals surface area contributed by atoms with Crippen molar-refractivity contribution < 1.29 is 22.7 Å². The molecule has 0 saturated carbocycles. The molecule has 236 valence electrons. The number of rotatable bonds is 13. The van der Waals surface area contributed by atoms with Crippen LogP contribution in [0.2, 0.25) is 0 Å². The molecule has 0 heterocycles. The van der Waals surface area contributed by atoms with Crippen molar-refractivity contribution in [3.05, 3.63) is 125 Å². The predicted octanol–water partition coefficient (Wildman–Crippen LogP) is 5.67. The van der Waals surface area contributed by atoms with E-state index in [0.29, 0.717) is 5.75 Å². The van der Waals surface area contributed by atoms with Gasteiger partial charge in [0.05, 0.1) is 17.7 Å². The number of aryl methyl sites for hydroxylation is 2. The third-order valence-electron chi connectivity index (χ3n) is 7.52. The van der Waals surface area contributed by atoms with E-state index < -0.39 is 28.5 Å². The normalized spacial score (nSPS) is 12.0. The van der Waals surface area contributed by atoms with E-state index in [0.717, 1.165) is 26.6 Å². The van der Waals surface area contributed by atoms with Crippen molar-refractivity contribution in [1.82, 2.24) is 10.2 Å². The number of sulfonamides is 1. The average molecular weight is 628 g/mol. The lowest BCUT2D eigenvalue weighted by Gasteiger charge is -2.34. The quantitative estimate of drug-likeness (QED) is 0.206. The molecule has 45 heavy (non-hydrogen) atoms. The molecule has 2 amide bonds. The Kier molecular flexibility index (Phi) is 11.0. The van der Waals surface area contributed by atoms with Crippen LogP contribution >= 0.6 is 0 Å². The number of nitrogens with zero attached hydrogens (tertiary/aromatic N) is 2. The first-order chi connectivity index (χ1) is 21.5. The third-order valence-corrected chi connectivity index (χ3v) is 9.29. The number of nitrogens with one attached hydrogen (secondary N) is 1. The lowest BCUT2D eigenvalue weighted by atomic mass is 10.0. The number of ether oxygens (including phenoxy) is 1. The number of carbonyl (C=O) groups excluding carboxylic acids is 2. The summed E-state index contributed by atoms with van der Waals surface area (Å²) in [5, 5.41) is 2.98. The summed E-state index contributed by atoms with van der Waals surface area (Å²) in [7, 11) is -2.77. The van der Waals surface area contributed by atoms with Crippen molar-refractivity contribution in [2.75, 3.05) is 18.0 Å². The van der Waals surface area contributed by atoms with Crippen LogP contribution in [0, 0.1) is 13.8 Å². The first kappa shape index (κ1) is 33.3. The van der Waals surface area contributed by atoms with Crippen LogP contribution in [-0.4, -0.2) is 50.9 Å². The Labute approximate surface area is 266 Å².